The highest BCUT2D eigenvalue weighted by Crippen LogP contribution is 2.62. The van der Waals surface area contributed by atoms with E-state index in [-0.39, 0.29) is 11.0 Å². The lowest BCUT2D eigenvalue weighted by Gasteiger charge is -2.50. The largest absolute Gasteiger partial charge is 0.334 e. The highest BCUT2D eigenvalue weighted by atomic mass is 15.3. The second-order valence-corrected chi connectivity index (χ2v) is 17.6. The van der Waals surface area contributed by atoms with Crippen LogP contribution in [0.2, 0.25) is 0 Å². The van der Waals surface area contributed by atoms with Crippen molar-refractivity contribution >= 4 is 65.2 Å². The molecule has 0 aromatic heterocycles. The minimum absolute atomic E-state index is 0.00684. The molecule has 2 aliphatic rings. The Morgan fingerprint density at radius 2 is 1.00 bits per heavy atom. The van der Waals surface area contributed by atoms with Gasteiger partial charge in [0.05, 0.1) is 5.54 Å². The van der Waals surface area contributed by atoms with Crippen molar-refractivity contribution in [1.82, 2.24) is 0 Å². The first-order valence-corrected chi connectivity index (χ1v) is 21.1. The summed E-state index contributed by atoms with van der Waals surface area (Å²) >= 11 is 0. The Morgan fingerprint density at radius 1 is 0.431 bits per heavy atom. The molecule has 1 nitrogen and oxygen atoms in total. The van der Waals surface area contributed by atoms with Gasteiger partial charge in [0.15, 0.2) is 0 Å². The third-order valence-electron chi connectivity index (χ3n) is 14.7. The number of fused-ring (bicyclic) bond motifs is 5. The molecular weight excluding hydrogens is 699 g/mol. The van der Waals surface area contributed by atoms with Crippen molar-refractivity contribution < 1.29 is 0 Å². The van der Waals surface area contributed by atoms with Gasteiger partial charge in [-0.05, 0) is 155 Å². The Balaban J connectivity index is 1.19. The summed E-state index contributed by atoms with van der Waals surface area (Å²) in [4.78, 5) is 2.72. The van der Waals surface area contributed by atoms with Crippen LogP contribution in [-0.2, 0) is 5.41 Å². The molecule has 2 unspecified atom stereocenters. The van der Waals surface area contributed by atoms with Gasteiger partial charge in [-0.2, -0.15) is 0 Å². The Morgan fingerprint density at radius 3 is 1.74 bits per heavy atom. The maximum atomic E-state index is 2.72. The maximum Gasteiger partial charge on any atom is 0.0518 e. The smallest absolute Gasteiger partial charge is 0.0518 e. The average Bonchev–Trinajstić information content (AvgIpc) is 3.48. The van der Waals surface area contributed by atoms with Crippen molar-refractivity contribution in [3.63, 3.8) is 0 Å². The number of hydrogen-bond donors (Lipinski definition) is 0. The molecule has 58 heavy (non-hydrogen) atoms. The van der Waals surface area contributed by atoms with Crippen LogP contribution >= 0.6 is 0 Å². The summed E-state index contributed by atoms with van der Waals surface area (Å²) in [7, 11) is 0. The van der Waals surface area contributed by atoms with E-state index < -0.39 is 0 Å². The molecule has 0 spiro atoms. The number of rotatable bonds is 4. The fourth-order valence-electron chi connectivity index (χ4n) is 11.7. The predicted octanol–water partition coefficient (Wildman–Crippen LogP) is 15.9. The summed E-state index contributed by atoms with van der Waals surface area (Å²) in [6.07, 6.45) is 4.91. The van der Waals surface area contributed by atoms with Crippen LogP contribution in [0.15, 0.2) is 170 Å². The molecule has 1 heterocycles. The minimum atomic E-state index is -0.00684. The molecule has 12 rings (SSSR count). The van der Waals surface area contributed by atoms with E-state index in [1.165, 1.54) is 135 Å². The van der Waals surface area contributed by atoms with Crippen molar-refractivity contribution in [3.05, 3.63) is 181 Å². The first-order valence-electron chi connectivity index (χ1n) is 21.1. The highest BCUT2D eigenvalue weighted by molar-refractivity contribution is 6.31. The fraction of sp³-hybridized carbons (Fsp3) is 0.158. The van der Waals surface area contributed by atoms with E-state index in [9.17, 15) is 0 Å². The second-order valence-electron chi connectivity index (χ2n) is 17.6. The molecule has 0 saturated heterocycles. The number of nitrogens with zero attached hydrogens (tertiary/aromatic N) is 1. The van der Waals surface area contributed by atoms with Gasteiger partial charge in [0.2, 0.25) is 0 Å². The van der Waals surface area contributed by atoms with Gasteiger partial charge in [-0.3, -0.25) is 0 Å². The molecule has 1 heteroatoms. The third kappa shape index (κ3) is 4.53. The monoisotopic (exact) mass is 743 g/mol. The zero-order chi connectivity index (χ0) is 38.8. The van der Waals surface area contributed by atoms with Crippen molar-refractivity contribution in [2.45, 2.75) is 57.4 Å². The number of hydrogen-bond acceptors (Lipinski definition) is 1. The van der Waals surface area contributed by atoms with E-state index in [1.54, 1.807) is 0 Å². The minimum Gasteiger partial charge on any atom is -0.334 e. The van der Waals surface area contributed by atoms with Crippen molar-refractivity contribution in [2.24, 2.45) is 0 Å². The van der Waals surface area contributed by atoms with Gasteiger partial charge < -0.3 is 4.90 Å². The van der Waals surface area contributed by atoms with Gasteiger partial charge in [-0.15, -0.1) is 0 Å². The Bertz CT molecular complexity index is 3270. The third-order valence-corrected chi connectivity index (χ3v) is 14.7. The molecule has 1 saturated carbocycles. The summed E-state index contributed by atoms with van der Waals surface area (Å²) in [5, 5.41) is 13.0. The molecule has 10 aromatic carbocycles. The number of benzene rings is 10. The number of para-hydroxylation sites is 1. The molecule has 1 aliphatic heterocycles. The predicted molar refractivity (Wildman–Crippen MR) is 249 cm³/mol. The normalized spacial score (nSPS) is 19.1. The molecule has 0 radical (unpaired) electrons. The van der Waals surface area contributed by atoms with E-state index in [0.29, 0.717) is 0 Å². The van der Waals surface area contributed by atoms with E-state index in [0.717, 1.165) is 0 Å². The molecule has 0 amide bonds. The SMILES string of the molecule is Cc1cc(-c2cc(-c3cccc4ccccc34)c3ccc4ccc(-c5cccc6ccccc56)c5ccc2c3c45)cc2c1N(c1ccccc1)C1(C)CCCCC21C. The topological polar surface area (TPSA) is 3.24 Å². The Labute approximate surface area is 340 Å². The maximum absolute atomic E-state index is 2.72. The van der Waals surface area contributed by atoms with Crippen molar-refractivity contribution in [3.8, 4) is 33.4 Å². The van der Waals surface area contributed by atoms with Crippen LogP contribution in [0.3, 0.4) is 0 Å². The van der Waals surface area contributed by atoms with Crippen molar-refractivity contribution in [2.75, 3.05) is 4.90 Å². The van der Waals surface area contributed by atoms with Crippen LogP contribution in [0.25, 0.3) is 87.2 Å². The molecule has 1 fully saturated rings. The zero-order valence-corrected chi connectivity index (χ0v) is 33.4. The van der Waals surface area contributed by atoms with E-state index in [2.05, 4.69) is 196 Å². The van der Waals surface area contributed by atoms with Crippen LogP contribution in [0.4, 0.5) is 11.4 Å². The van der Waals surface area contributed by atoms with Gasteiger partial charge in [0, 0.05) is 16.8 Å². The zero-order valence-electron chi connectivity index (χ0n) is 33.4. The van der Waals surface area contributed by atoms with E-state index >= 15 is 0 Å². The number of anilines is 2. The second kappa shape index (κ2) is 12.3. The summed E-state index contributed by atoms with van der Waals surface area (Å²) < 4.78 is 0. The Hall–Kier alpha value is -6.44. The Kier molecular flexibility index (Phi) is 7.13. The lowest BCUT2D eigenvalue weighted by molar-refractivity contribution is 0.195. The first kappa shape index (κ1) is 33.7. The summed E-state index contributed by atoms with van der Waals surface area (Å²) in [5.41, 5.74) is 13.4. The van der Waals surface area contributed by atoms with Crippen LogP contribution in [-0.4, -0.2) is 5.54 Å². The van der Waals surface area contributed by atoms with Crippen molar-refractivity contribution in [1.29, 1.82) is 0 Å². The molecule has 0 N–H and O–H groups in total. The van der Waals surface area contributed by atoms with Crippen LogP contribution in [0, 0.1) is 6.92 Å². The summed E-state index contributed by atoms with van der Waals surface area (Å²) in [5.74, 6) is 0. The first-order chi connectivity index (χ1) is 28.4. The lowest BCUT2D eigenvalue weighted by Crippen LogP contribution is -2.54. The van der Waals surface area contributed by atoms with Gasteiger partial charge in [-0.1, -0.05) is 159 Å². The molecule has 0 bridgehead atoms. The summed E-state index contributed by atoms with van der Waals surface area (Å²) in [6.45, 7) is 7.47. The molecule has 1 aliphatic carbocycles. The lowest BCUT2D eigenvalue weighted by atomic mass is 9.61. The quantitative estimate of drug-likeness (QED) is 0.162. The van der Waals surface area contributed by atoms with Crippen LogP contribution in [0.1, 0.15) is 50.7 Å². The van der Waals surface area contributed by atoms with Gasteiger partial charge >= 0.3 is 0 Å². The van der Waals surface area contributed by atoms with E-state index in [4.69, 9.17) is 0 Å². The van der Waals surface area contributed by atoms with Gasteiger partial charge in [0.25, 0.3) is 0 Å². The molecule has 278 valence electrons. The number of aryl methyl sites for hydroxylation is 1. The average molecular weight is 744 g/mol. The van der Waals surface area contributed by atoms with Crippen LogP contribution in [0.5, 0.6) is 0 Å². The molecular formula is C57H45N. The summed E-state index contributed by atoms with van der Waals surface area (Å²) in [6, 6.07) is 64.3. The highest BCUT2D eigenvalue weighted by Gasteiger charge is 2.58. The van der Waals surface area contributed by atoms with Gasteiger partial charge in [0.1, 0.15) is 0 Å². The standard InChI is InChI=1S/C57H45N/c1-36-33-40(34-52-55(36)58(41-19-5-4-6-20-41)57(3)32-12-11-31-56(52,57)2)50-35-51(45-24-14-18-38-16-8-10-22-43(38)45)49-28-26-39-25-27-46(47-29-30-48(50)54(49)53(39)47)44-23-13-17-37-15-7-9-21-42(37)44/h4-10,13-30,33-35H,11-12,31-32H2,1-3H3. The molecule has 2 atom stereocenters. The van der Waals surface area contributed by atoms with Crippen LogP contribution < -0.4 is 4.90 Å². The molecule has 10 aromatic rings. The fourth-order valence-corrected chi connectivity index (χ4v) is 11.7. The van der Waals surface area contributed by atoms with E-state index in [1.807, 2.05) is 0 Å². The van der Waals surface area contributed by atoms with Gasteiger partial charge in [-0.25, -0.2) is 0 Å².